The van der Waals surface area contributed by atoms with Crippen LogP contribution in [0.3, 0.4) is 0 Å². The molecule has 0 unspecified atom stereocenters. The van der Waals surface area contributed by atoms with E-state index in [0.29, 0.717) is 0 Å². The van der Waals surface area contributed by atoms with Gasteiger partial charge in [-0.25, -0.2) is 4.74 Å². The van der Waals surface area contributed by atoms with Gasteiger partial charge in [-0.05, 0) is 29.1 Å². The first kappa shape index (κ1) is 18.6. The largest absolute Gasteiger partial charge is 0.735 e. The molecule has 0 aromatic heterocycles. The average molecular weight is 316 g/mol. The van der Waals surface area contributed by atoms with E-state index in [1.165, 1.54) is 0 Å². The Morgan fingerprint density at radius 3 is 1.91 bits per heavy atom. The van der Waals surface area contributed by atoms with Crippen molar-refractivity contribution in [2.24, 2.45) is 16.2 Å². The average Bonchev–Trinajstić information content (AvgIpc) is 2.35. The summed E-state index contributed by atoms with van der Waals surface area (Å²) >= 11 is 0. The summed E-state index contributed by atoms with van der Waals surface area (Å²) in [4.78, 5) is 10.4. The van der Waals surface area contributed by atoms with E-state index in [0.717, 1.165) is 25.7 Å². The Morgan fingerprint density at radius 1 is 1.14 bits per heavy atom. The van der Waals surface area contributed by atoms with Crippen LogP contribution >= 0.6 is 0 Å². The van der Waals surface area contributed by atoms with Crippen LogP contribution in [-0.4, -0.2) is 23.5 Å². The highest BCUT2D eigenvalue weighted by Gasteiger charge is 2.52. The molecule has 22 heavy (non-hydrogen) atoms. The third-order valence-electron chi connectivity index (χ3n) is 5.16. The lowest BCUT2D eigenvalue weighted by Gasteiger charge is -2.56. The van der Waals surface area contributed by atoms with Crippen molar-refractivity contribution in [2.75, 3.05) is 0 Å². The number of carbonyl (C=O) groups is 1. The molecule has 1 fully saturated rings. The van der Waals surface area contributed by atoms with Crippen LogP contribution in [0.4, 0.5) is 9.37 Å². The van der Waals surface area contributed by atoms with Crippen LogP contribution in [0.15, 0.2) is 0 Å². The van der Waals surface area contributed by atoms with E-state index in [1.54, 1.807) is 0 Å². The molecule has 0 aliphatic heterocycles. The summed E-state index contributed by atoms with van der Waals surface area (Å²) in [6, 6.07) is 0. The van der Waals surface area contributed by atoms with Crippen LogP contribution in [0, 0.1) is 16.2 Å². The lowest BCUT2D eigenvalue weighted by atomic mass is 9.49. The number of carbonyl (C=O) groups excluding carboxylic acids is 1. The monoisotopic (exact) mass is 316 g/mol. The topological polar surface area (TPSA) is 90.1 Å². The fraction of sp³-hybridized carbons (Fsp3) is 0.875. The third kappa shape index (κ3) is 3.84. The van der Waals surface area contributed by atoms with Gasteiger partial charge >= 0.3 is 12.3 Å². The van der Waals surface area contributed by atoms with E-state index in [4.69, 9.17) is 9.84 Å². The SMILES string of the molecule is CC(C)(C)C1(C(C)(C)C)CCC(OC(OC(=O)O)=[O+][O-])CC1. The fourth-order valence-corrected chi connectivity index (χ4v) is 4.10. The van der Waals surface area contributed by atoms with Crippen LogP contribution in [0.25, 0.3) is 0 Å². The summed E-state index contributed by atoms with van der Waals surface area (Å²) in [6.07, 6.45) is 0.598. The van der Waals surface area contributed by atoms with Crippen LogP contribution < -0.4 is 5.26 Å². The van der Waals surface area contributed by atoms with Crippen molar-refractivity contribution >= 4 is 12.3 Å². The molecule has 6 nitrogen and oxygen atoms in total. The van der Waals surface area contributed by atoms with E-state index in [9.17, 15) is 10.1 Å². The maximum Gasteiger partial charge on any atom is 0.735 e. The number of hydrogen-bond acceptors (Lipinski definition) is 4. The minimum absolute atomic E-state index is 0.134. The molecule has 0 spiro atoms. The van der Waals surface area contributed by atoms with E-state index < -0.39 is 12.3 Å². The third-order valence-corrected chi connectivity index (χ3v) is 5.16. The molecule has 0 bridgehead atoms. The van der Waals surface area contributed by atoms with E-state index >= 15 is 0 Å². The first-order chi connectivity index (χ1) is 9.93. The van der Waals surface area contributed by atoms with Crippen molar-refractivity contribution in [3.05, 3.63) is 0 Å². The van der Waals surface area contributed by atoms with Gasteiger partial charge in [-0.1, -0.05) is 41.5 Å². The first-order valence-electron chi connectivity index (χ1n) is 7.67. The molecular formula is C16H28O6. The summed E-state index contributed by atoms with van der Waals surface area (Å²) in [5.41, 5.74) is 0.413. The Labute approximate surface area is 132 Å². The van der Waals surface area contributed by atoms with Crippen molar-refractivity contribution in [1.82, 2.24) is 0 Å². The molecule has 0 saturated heterocycles. The molecule has 0 radical (unpaired) electrons. The second kappa shape index (κ2) is 6.34. The van der Waals surface area contributed by atoms with Gasteiger partial charge in [0.2, 0.25) is 0 Å². The summed E-state index contributed by atoms with van der Waals surface area (Å²) in [5, 5.41) is 18.9. The molecule has 6 heteroatoms. The van der Waals surface area contributed by atoms with Gasteiger partial charge in [-0.3, -0.25) is 4.58 Å². The zero-order valence-electron chi connectivity index (χ0n) is 14.4. The summed E-state index contributed by atoms with van der Waals surface area (Å²) in [5.74, 6) is 0. The lowest BCUT2D eigenvalue weighted by molar-refractivity contribution is -0.869. The zero-order valence-corrected chi connectivity index (χ0v) is 14.4. The Hall–Kier alpha value is -1.46. The Morgan fingerprint density at radius 2 is 1.59 bits per heavy atom. The Bertz CT molecular complexity index is 403. The molecule has 1 rings (SSSR count). The van der Waals surface area contributed by atoms with Gasteiger partial charge in [0, 0.05) is 12.8 Å². The second-order valence-corrected chi connectivity index (χ2v) is 8.10. The molecule has 0 aromatic rings. The molecular weight excluding hydrogens is 288 g/mol. The quantitative estimate of drug-likeness (QED) is 0.262. The molecule has 1 aliphatic rings. The van der Waals surface area contributed by atoms with Crippen LogP contribution in [0.5, 0.6) is 0 Å². The smallest absolute Gasteiger partial charge is 0.628 e. The minimum Gasteiger partial charge on any atom is -0.628 e. The molecule has 1 saturated carbocycles. The normalized spacial score (nSPS) is 20.5. The van der Waals surface area contributed by atoms with Crippen molar-refractivity contribution < 1.29 is 29.2 Å². The van der Waals surface area contributed by atoms with Crippen LogP contribution in [0.2, 0.25) is 0 Å². The number of carboxylic acid groups (broad SMARTS) is 1. The molecule has 1 aliphatic carbocycles. The van der Waals surface area contributed by atoms with Gasteiger partial charge in [-0.2, -0.15) is 4.79 Å². The summed E-state index contributed by atoms with van der Waals surface area (Å²) in [6.45, 7) is 13.5. The van der Waals surface area contributed by atoms with Gasteiger partial charge in [0.1, 0.15) is 0 Å². The Kier molecular flexibility index (Phi) is 5.36. The van der Waals surface area contributed by atoms with Crippen molar-refractivity contribution in [3.8, 4) is 0 Å². The second-order valence-electron chi connectivity index (χ2n) is 8.10. The predicted molar refractivity (Wildman–Crippen MR) is 79.2 cm³/mol. The van der Waals surface area contributed by atoms with Gasteiger partial charge in [-0.15, -0.1) is 0 Å². The molecule has 0 heterocycles. The maximum absolute atomic E-state index is 10.4. The maximum atomic E-state index is 10.4. The molecule has 0 atom stereocenters. The first-order valence-corrected chi connectivity index (χ1v) is 7.67. The standard InChI is InChI=1S/C16H28O6/c1-14(2,3)16(15(4,5)6)9-7-11(8-10-16)20-13(22-19)21-12(17)18/h11H,7-10H2,1-6H3,(H,17,18). The predicted octanol–water partition coefficient (Wildman–Crippen LogP) is 3.65. The van der Waals surface area contributed by atoms with Crippen molar-refractivity contribution in [3.63, 3.8) is 0 Å². The lowest BCUT2D eigenvalue weighted by Crippen LogP contribution is -2.49. The highest BCUT2D eigenvalue weighted by atomic mass is 17.1. The van der Waals surface area contributed by atoms with Gasteiger partial charge < -0.3 is 15.1 Å². The summed E-state index contributed by atoms with van der Waals surface area (Å²) in [7, 11) is 0. The zero-order chi connectivity index (χ0) is 17.2. The molecule has 1 N–H and O–H groups in total. The minimum atomic E-state index is -1.62. The van der Waals surface area contributed by atoms with Crippen LogP contribution in [0.1, 0.15) is 67.2 Å². The molecule has 0 amide bonds. The fourth-order valence-electron chi connectivity index (χ4n) is 4.10. The van der Waals surface area contributed by atoms with Gasteiger partial charge in [0.05, 0.1) is 0 Å². The highest BCUT2D eigenvalue weighted by Crippen LogP contribution is 2.59. The number of hydrogen-bond donors (Lipinski definition) is 1. The van der Waals surface area contributed by atoms with E-state index in [-0.39, 0.29) is 22.3 Å². The molecule has 0 aromatic carbocycles. The van der Waals surface area contributed by atoms with Gasteiger partial charge in [0.15, 0.2) is 6.10 Å². The van der Waals surface area contributed by atoms with Crippen LogP contribution in [-0.2, 0) is 9.47 Å². The van der Waals surface area contributed by atoms with E-state index in [1.807, 2.05) is 0 Å². The van der Waals surface area contributed by atoms with Gasteiger partial charge in [0.25, 0.3) is 0 Å². The Balaban J connectivity index is 2.78. The summed E-state index contributed by atoms with van der Waals surface area (Å²) < 4.78 is 13.0. The number of ether oxygens (including phenoxy) is 2. The van der Waals surface area contributed by atoms with Crippen molar-refractivity contribution in [2.45, 2.75) is 73.3 Å². The van der Waals surface area contributed by atoms with E-state index in [2.05, 4.69) is 50.9 Å². The van der Waals surface area contributed by atoms with Crippen molar-refractivity contribution in [1.29, 1.82) is 0 Å². The number of rotatable bonds is 1. The molecule has 128 valence electrons. The highest BCUT2D eigenvalue weighted by molar-refractivity contribution is 5.75.